The number of aryl methyl sites for hydroxylation is 1. The van der Waals surface area contributed by atoms with Crippen LogP contribution in [0.5, 0.6) is 5.75 Å². The Kier molecular flexibility index (Phi) is 6.87. The molecule has 0 radical (unpaired) electrons. The summed E-state index contributed by atoms with van der Waals surface area (Å²) in [7, 11) is 1.53. The zero-order valence-electron chi connectivity index (χ0n) is 16.2. The summed E-state index contributed by atoms with van der Waals surface area (Å²) in [4.78, 5) is 37.1. The van der Waals surface area contributed by atoms with Crippen LogP contribution in [-0.2, 0) is 22.4 Å². The molecule has 0 spiro atoms. The number of carbonyl (C=O) groups excluding carboxylic acids is 3. The fraction of sp³-hybridized carbons (Fsp3) is 0.381. The molecule has 1 aliphatic carbocycles. The predicted octanol–water partition coefficient (Wildman–Crippen LogP) is 2.75. The second-order valence-electron chi connectivity index (χ2n) is 6.84. The van der Waals surface area contributed by atoms with Crippen molar-refractivity contribution in [3.05, 3.63) is 40.3 Å². The summed E-state index contributed by atoms with van der Waals surface area (Å²) < 4.78 is 5.30. The molecule has 1 aromatic heterocycles. The van der Waals surface area contributed by atoms with Crippen molar-refractivity contribution in [2.75, 3.05) is 17.7 Å². The number of aliphatic carboxylic acids is 1. The van der Waals surface area contributed by atoms with Gasteiger partial charge in [0.15, 0.2) is 0 Å². The minimum Gasteiger partial charge on any atom is -0.550 e. The summed E-state index contributed by atoms with van der Waals surface area (Å²) in [6.07, 6.45) is 4.20. The molecule has 1 heterocycles. The predicted molar refractivity (Wildman–Crippen MR) is 109 cm³/mol. The van der Waals surface area contributed by atoms with Gasteiger partial charge in [0.25, 0.3) is 5.91 Å². The molecular weight excluding hydrogens is 392 g/mol. The van der Waals surface area contributed by atoms with Crippen molar-refractivity contribution in [1.29, 1.82) is 0 Å². The number of amides is 2. The van der Waals surface area contributed by atoms with E-state index in [1.165, 1.54) is 18.4 Å². The third-order valence-corrected chi connectivity index (χ3v) is 6.02. The number of carboxylic acid groups (broad SMARTS) is 1. The van der Waals surface area contributed by atoms with E-state index in [1.807, 2.05) is 6.07 Å². The molecule has 0 aliphatic heterocycles. The van der Waals surface area contributed by atoms with E-state index in [2.05, 4.69) is 10.6 Å². The summed E-state index contributed by atoms with van der Waals surface area (Å²) >= 11 is 1.40. The molecule has 0 saturated carbocycles. The Hall–Kier alpha value is -2.87. The first-order valence-corrected chi connectivity index (χ1v) is 10.4. The van der Waals surface area contributed by atoms with Crippen LogP contribution in [0.1, 0.15) is 52.9 Å². The molecule has 0 bridgehead atoms. The maximum atomic E-state index is 13.2. The van der Waals surface area contributed by atoms with Gasteiger partial charge in [0.2, 0.25) is 5.91 Å². The number of anilines is 2. The van der Waals surface area contributed by atoms with E-state index >= 15 is 0 Å². The number of para-hydroxylation sites is 2. The highest BCUT2D eigenvalue weighted by atomic mass is 32.1. The average molecular weight is 415 g/mol. The molecule has 29 heavy (non-hydrogen) atoms. The van der Waals surface area contributed by atoms with Gasteiger partial charge in [-0.3, -0.25) is 9.59 Å². The van der Waals surface area contributed by atoms with E-state index in [-0.39, 0.29) is 18.7 Å². The first-order valence-electron chi connectivity index (χ1n) is 9.58. The van der Waals surface area contributed by atoms with E-state index in [0.29, 0.717) is 22.0 Å². The Morgan fingerprint density at radius 1 is 1.07 bits per heavy atom. The molecule has 154 valence electrons. The van der Waals surface area contributed by atoms with Gasteiger partial charge >= 0.3 is 0 Å². The van der Waals surface area contributed by atoms with Crippen molar-refractivity contribution < 1.29 is 24.2 Å². The highest BCUT2D eigenvalue weighted by Gasteiger charge is 2.26. The topological polar surface area (TPSA) is 108 Å². The normalized spacial score (nSPS) is 13.1. The Labute approximate surface area is 173 Å². The molecule has 0 atom stereocenters. The number of hydrogen-bond donors (Lipinski definition) is 2. The van der Waals surface area contributed by atoms with Crippen molar-refractivity contribution >= 4 is 39.8 Å². The van der Waals surface area contributed by atoms with E-state index in [0.717, 1.165) is 42.5 Å². The lowest BCUT2D eigenvalue weighted by Gasteiger charge is -2.12. The van der Waals surface area contributed by atoms with Gasteiger partial charge in [-0.2, -0.15) is 0 Å². The quantitative estimate of drug-likeness (QED) is 0.676. The number of ether oxygens (including phenoxy) is 1. The van der Waals surface area contributed by atoms with E-state index in [4.69, 9.17) is 4.74 Å². The van der Waals surface area contributed by atoms with Crippen LogP contribution >= 0.6 is 11.3 Å². The number of hydrogen-bond acceptors (Lipinski definition) is 6. The van der Waals surface area contributed by atoms with Gasteiger partial charge in [-0.05, 0) is 49.8 Å². The van der Waals surface area contributed by atoms with E-state index < -0.39 is 11.9 Å². The molecule has 2 N–H and O–H groups in total. The Morgan fingerprint density at radius 2 is 1.83 bits per heavy atom. The third kappa shape index (κ3) is 5.14. The molecule has 1 aliphatic rings. The largest absolute Gasteiger partial charge is 0.550 e. The molecule has 2 amide bonds. The summed E-state index contributed by atoms with van der Waals surface area (Å²) in [6.45, 7) is 0. The minimum atomic E-state index is -1.28. The lowest BCUT2D eigenvalue weighted by molar-refractivity contribution is -0.305. The zero-order chi connectivity index (χ0) is 20.8. The minimum absolute atomic E-state index is 0.196. The summed E-state index contributed by atoms with van der Waals surface area (Å²) in [5.74, 6) is -1.50. The summed E-state index contributed by atoms with van der Waals surface area (Å²) in [5, 5.41) is 16.7. The number of benzene rings is 1. The van der Waals surface area contributed by atoms with Gasteiger partial charge in [0.05, 0.1) is 18.4 Å². The van der Waals surface area contributed by atoms with Crippen LogP contribution in [-0.4, -0.2) is 24.9 Å². The maximum Gasteiger partial charge on any atom is 0.259 e. The number of thiophene rings is 1. The maximum absolute atomic E-state index is 13.2. The molecule has 0 unspecified atom stereocenters. The SMILES string of the molecule is COc1ccccc1NC(=O)c1c(NC(=O)CCC(=O)[O-])sc2c1CCCCC2. The second kappa shape index (κ2) is 9.56. The molecular formula is C21H23N2O5S-. The van der Waals surface area contributed by atoms with Crippen LogP contribution in [0.4, 0.5) is 10.7 Å². The van der Waals surface area contributed by atoms with Gasteiger partial charge in [-0.25, -0.2) is 0 Å². The van der Waals surface area contributed by atoms with Crippen LogP contribution in [0.15, 0.2) is 24.3 Å². The number of carboxylic acids is 1. The van der Waals surface area contributed by atoms with Crippen LogP contribution in [0.2, 0.25) is 0 Å². The monoisotopic (exact) mass is 415 g/mol. The average Bonchev–Trinajstić information content (AvgIpc) is 2.87. The molecule has 3 rings (SSSR count). The third-order valence-electron chi connectivity index (χ3n) is 4.81. The standard InChI is InChI=1S/C21H24N2O5S/c1-28-15-9-6-5-8-14(15)22-20(27)19-13-7-3-2-4-10-16(13)29-21(19)23-17(24)11-12-18(25)26/h5-6,8-9H,2-4,7,10-12H2,1H3,(H,22,27)(H,23,24)(H,25,26)/p-1. The van der Waals surface area contributed by atoms with Crippen molar-refractivity contribution in [2.24, 2.45) is 0 Å². The van der Waals surface area contributed by atoms with Gasteiger partial charge in [0.1, 0.15) is 10.8 Å². The summed E-state index contributed by atoms with van der Waals surface area (Å²) in [6, 6.07) is 7.12. The molecule has 1 aromatic carbocycles. The summed E-state index contributed by atoms with van der Waals surface area (Å²) in [5.41, 5.74) is 1.97. The Balaban J connectivity index is 1.90. The van der Waals surface area contributed by atoms with Crippen molar-refractivity contribution in [1.82, 2.24) is 0 Å². The highest BCUT2D eigenvalue weighted by Crippen LogP contribution is 2.38. The van der Waals surface area contributed by atoms with Crippen molar-refractivity contribution in [2.45, 2.75) is 44.9 Å². The fourth-order valence-corrected chi connectivity index (χ4v) is 4.71. The molecule has 0 fully saturated rings. The Morgan fingerprint density at radius 3 is 2.59 bits per heavy atom. The van der Waals surface area contributed by atoms with Gasteiger partial charge in [-0.1, -0.05) is 18.6 Å². The fourth-order valence-electron chi connectivity index (χ4n) is 3.41. The van der Waals surface area contributed by atoms with Gasteiger partial charge in [0, 0.05) is 17.3 Å². The van der Waals surface area contributed by atoms with E-state index in [1.54, 1.807) is 18.2 Å². The first kappa shape index (κ1) is 20.9. The molecule has 0 saturated heterocycles. The van der Waals surface area contributed by atoms with Crippen LogP contribution in [0.25, 0.3) is 0 Å². The smallest absolute Gasteiger partial charge is 0.259 e. The Bertz CT molecular complexity index is 922. The molecule has 7 nitrogen and oxygen atoms in total. The van der Waals surface area contributed by atoms with Crippen LogP contribution < -0.4 is 20.5 Å². The van der Waals surface area contributed by atoms with Crippen molar-refractivity contribution in [3.63, 3.8) is 0 Å². The lowest BCUT2D eigenvalue weighted by atomic mass is 10.0. The van der Waals surface area contributed by atoms with Crippen LogP contribution in [0.3, 0.4) is 0 Å². The van der Waals surface area contributed by atoms with Crippen LogP contribution in [0, 0.1) is 0 Å². The van der Waals surface area contributed by atoms with Gasteiger partial charge in [-0.15, -0.1) is 11.3 Å². The molecule has 2 aromatic rings. The lowest BCUT2D eigenvalue weighted by Crippen LogP contribution is -2.24. The zero-order valence-corrected chi connectivity index (χ0v) is 17.0. The highest BCUT2D eigenvalue weighted by molar-refractivity contribution is 7.17. The molecule has 8 heteroatoms. The number of fused-ring (bicyclic) bond motifs is 1. The number of carbonyl (C=O) groups is 3. The first-order chi connectivity index (χ1) is 14.0. The van der Waals surface area contributed by atoms with E-state index in [9.17, 15) is 19.5 Å². The number of rotatable bonds is 7. The number of methoxy groups -OCH3 is 1. The van der Waals surface area contributed by atoms with Crippen molar-refractivity contribution in [3.8, 4) is 5.75 Å². The number of nitrogens with one attached hydrogen (secondary N) is 2. The van der Waals surface area contributed by atoms with Gasteiger partial charge < -0.3 is 25.3 Å². The second-order valence-corrected chi connectivity index (χ2v) is 7.95.